The number of nitrogens with one attached hydrogen (secondary N) is 1. The minimum absolute atomic E-state index is 0.102. The summed E-state index contributed by atoms with van der Waals surface area (Å²) in [4.78, 5) is 21.8. The van der Waals surface area contributed by atoms with Crippen molar-refractivity contribution in [1.82, 2.24) is 15.3 Å². The minimum Gasteiger partial charge on any atom is -0.394 e. The molecule has 1 saturated heterocycles. The number of nitrogens with zero attached hydrogens (tertiary/aromatic N) is 3. The summed E-state index contributed by atoms with van der Waals surface area (Å²) in [7, 11) is 0. The number of hydrogen-bond acceptors (Lipinski definition) is 6. The van der Waals surface area contributed by atoms with Crippen molar-refractivity contribution in [3.8, 4) is 0 Å². The molecule has 0 radical (unpaired) electrons. The van der Waals surface area contributed by atoms with Gasteiger partial charge in [0.15, 0.2) is 5.82 Å². The van der Waals surface area contributed by atoms with Crippen molar-refractivity contribution in [2.75, 3.05) is 36.9 Å². The second kappa shape index (κ2) is 6.03. The highest BCUT2D eigenvalue weighted by Gasteiger charge is 2.31. The largest absolute Gasteiger partial charge is 0.394 e. The van der Waals surface area contributed by atoms with E-state index in [1.807, 2.05) is 6.92 Å². The molecule has 7 nitrogen and oxygen atoms in total. The van der Waals surface area contributed by atoms with Crippen LogP contribution in [0.25, 0.3) is 0 Å². The number of aromatic nitrogens is 2. The van der Waals surface area contributed by atoms with E-state index in [2.05, 4.69) is 15.3 Å². The number of nitrogens with two attached hydrogens (primary N) is 1. The number of nitrogen functional groups attached to an aromatic ring is 1. The molecule has 1 aromatic rings. The van der Waals surface area contributed by atoms with Crippen LogP contribution >= 0.6 is 11.6 Å². The molecule has 1 unspecified atom stereocenters. The maximum absolute atomic E-state index is 12.0. The van der Waals surface area contributed by atoms with Crippen LogP contribution in [0.3, 0.4) is 0 Å². The Balaban J connectivity index is 2.28. The highest BCUT2D eigenvalue weighted by molar-refractivity contribution is 6.28. The molecule has 1 amide bonds. The Kier molecular flexibility index (Phi) is 4.39. The average Bonchev–Trinajstić information content (AvgIpc) is 2.42. The number of anilines is 2. The monoisotopic (exact) mass is 285 g/mol. The van der Waals surface area contributed by atoms with E-state index < -0.39 is 6.04 Å². The Morgan fingerprint density at radius 1 is 1.74 bits per heavy atom. The Morgan fingerprint density at radius 3 is 3.26 bits per heavy atom. The van der Waals surface area contributed by atoms with Gasteiger partial charge in [-0.2, -0.15) is 4.98 Å². The summed E-state index contributed by atoms with van der Waals surface area (Å²) in [5.74, 6) is 0.357. The maximum atomic E-state index is 12.0. The first-order valence-electron chi connectivity index (χ1n) is 6.03. The normalized spacial score (nSPS) is 19.3. The Hall–Kier alpha value is -1.60. The van der Waals surface area contributed by atoms with E-state index in [9.17, 15) is 4.79 Å². The standard InChI is InChI=1S/C11H16ClN5O2/c1-2-14-10(18)8-6-19-4-3-17(8)9-7(13)5-15-11(12)16-9/h5,8H,2-4,6,13H2,1H3,(H,14,18). The van der Waals surface area contributed by atoms with Crippen molar-refractivity contribution in [2.24, 2.45) is 0 Å². The Labute approximate surface area is 116 Å². The highest BCUT2D eigenvalue weighted by atomic mass is 35.5. The predicted octanol–water partition coefficient (Wildman–Crippen LogP) is 0.0535. The lowest BCUT2D eigenvalue weighted by molar-refractivity contribution is -0.124. The zero-order chi connectivity index (χ0) is 13.8. The van der Waals surface area contributed by atoms with Gasteiger partial charge < -0.3 is 20.7 Å². The molecule has 0 aromatic carbocycles. The predicted molar refractivity (Wildman–Crippen MR) is 72.1 cm³/mol. The highest BCUT2D eigenvalue weighted by Crippen LogP contribution is 2.24. The average molecular weight is 286 g/mol. The zero-order valence-electron chi connectivity index (χ0n) is 10.6. The lowest BCUT2D eigenvalue weighted by Gasteiger charge is -2.35. The van der Waals surface area contributed by atoms with Crippen LogP contribution in [-0.2, 0) is 9.53 Å². The van der Waals surface area contributed by atoms with Crippen molar-refractivity contribution in [3.63, 3.8) is 0 Å². The van der Waals surface area contributed by atoms with Crippen molar-refractivity contribution in [2.45, 2.75) is 13.0 Å². The molecule has 1 atom stereocenters. The Bertz CT molecular complexity index is 470. The number of carbonyl (C=O) groups is 1. The molecular formula is C11H16ClN5O2. The molecule has 3 N–H and O–H groups in total. The summed E-state index contributed by atoms with van der Waals surface area (Å²) < 4.78 is 5.35. The second-order valence-corrected chi connectivity index (χ2v) is 4.43. The quantitative estimate of drug-likeness (QED) is 0.763. The third-order valence-corrected chi connectivity index (χ3v) is 3.00. The van der Waals surface area contributed by atoms with Gasteiger partial charge in [-0.1, -0.05) is 0 Å². The molecular weight excluding hydrogens is 270 g/mol. The summed E-state index contributed by atoms with van der Waals surface area (Å²) in [5, 5.41) is 2.87. The van der Waals surface area contributed by atoms with E-state index in [1.165, 1.54) is 6.20 Å². The van der Waals surface area contributed by atoms with Crippen LogP contribution in [0, 0.1) is 0 Å². The van der Waals surface area contributed by atoms with Gasteiger partial charge >= 0.3 is 0 Å². The van der Waals surface area contributed by atoms with Gasteiger partial charge in [0.05, 0.1) is 25.1 Å². The van der Waals surface area contributed by atoms with Crippen molar-refractivity contribution >= 4 is 29.0 Å². The molecule has 8 heteroatoms. The van der Waals surface area contributed by atoms with Gasteiger partial charge in [0.2, 0.25) is 11.2 Å². The van der Waals surface area contributed by atoms with Crippen molar-refractivity contribution in [1.29, 1.82) is 0 Å². The van der Waals surface area contributed by atoms with Crippen LogP contribution in [0.2, 0.25) is 5.28 Å². The number of hydrogen-bond donors (Lipinski definition) is 2. The lowest BCUT2D eigenvalue weighted by Crippen LogP contribution is -2.54. The zero-order valence-corrected chi connectivity index (χ0v) is 11.4. The number of likely N-dealkylation sites (N-methyl/N-ethyl adjacent to an activating group) is 1. The number of halogens is 1. The summed E-state index contributed by atoms with van der Waals surface area (Å²) in [5.41, 5.74) is 6.25. The molecule has 1 aliphatic heterocycles. The summed E-state index contributed by atoms with van der Waals surface area (Å²) >= 11 is 5.79. The van der Waals surface area contributed by atoms with Gasteiger partial charge in [-0.05, 0) is 18.5 Å². The topological polar surface area (TPSA) is 93.4 Å². The Morgan fingerprint density at radius 2 is 2.53 bits per heavy atom. The van der Waals surface area contributed by atoms with Crippen molar-refractivity contribution in [3.05, 3.63) is 11.5 Å². The van der Waals surface area contributed by atoms with Crippen LogP contribution < -0.4 is 16.0 Å². The fourth-order valence-electron chi connectivity index (χ4n) is 1.96. The van der Waals surface area contributed by atoms with Crippen LogP contribution in [0.4, 0.5) is 11.5 Å². The van der Waals surface area contributed by atoms with Gasteiger partial charge in [-0.15, -0.1) is 0 Å². The van der Waals surface area contributed by atoms with E-state index in [1.54, 1.807) is 4.90 Å². The van der Waals surface area contributed by atoms with Crippen LogP contribution in [0.15, 0.2) is 6.20 Å². The third-order valence-electron chi connectivity index (χ3n) is 2.82. The fourth-order valence-corrected chi connectivity index (χ4v) is 2.09. The molecule has 0 spiro atoms. The van der Waals surface area contributed by atoms with Gasteiger partial charge in [0.25, 0.3) is 0 Å². The number of ether oxygens (including phenoxy) is 1. The molecule has 1 fully saturated rings. The summed E-state index contributed by atoms with van der Waals surface area (Å²) in [6, 6.07) is -0.457. The maximum Gasteiger partial charge on any atom is 0.245 e. The molecule has 0 aliphatic carbocycles. The molecule has 2 rings (SSSR count). The fraction of sp³-hybridized carbons (Fsp3) is 0.545. The third kappa shape index (κ3) is 3.05. The van der Waals surface area contributed by atoms with Crippen LogP contribution in [0.1, 0.15) is 6.92 Å². The smallest absolute Gasteiger partial charge is 0.245 e. The first-order chi connectivity index (χ1) is 9.13. The number of amides is 1. The van der Waals surface area contributed by atoms with Gasteiger partial charge in [0.1, 0.15) is 6.04 Å². The number of rotatable bonds is 3. The van der Waals surface area contributed by atoms with Gasteiger partial charge in [-0.3, -0.25) is 4.79 Å². The molecule has 0 saturated carbocycles. The second-order valence-electron chi connectivity index (χ2n) is 4.10. The SMILES string of the molecule is CCNC(=O)C1COCCN1c1nc(Cl)ncc1N. The van der Waals surface area contributed by atoms with Gasteiger partial charge in [0, 0.05) is 13.1 Å². The lowest BCUT2D eigenvalue weighted by atomic mass is 10.2. The molecule has 19 heavy (non-hydrogen) atoms. The number of carbonyl (C=O) groups excluding carboxylic acids is 1. The van der Waals surface area contributed by atoms with E-state index in [0.717, 1.165) is 0 Å². The minimum atomic E-state index is -0.457. The summed E-state index contributed by atoms with van der Waals surface area (Å²) in [6.07, 6.45) is 1.44. The molecule has 2 heterocycles. The molecule has 104 valence electrons. The molecule has 1 aliphatic rings. The van der Waals surface area contributed by atoms with Crippen molar-refractivity contribution < 1.29 is 9.53 Å². The van der Waals surface area contributed by atoms with Crippen LogP contribution in [0.5, 0.6) is 0 Å². The van der Waals surface area contributed by atoms with Crippen LogP contribution in [-0.4, -0.2) is 48.2 Å². The first kappa shape index (κ1) is 13.8. The number of morpholine rings is 1. The summed E-state index contributed by atoms with van der Waals surface area (Å²) in [6.45, 7) is 3.76. The van der Waals surface area contributed by atoms with E-state index in [-0.39, 0.29) is 11.2 Å². The molecule has 1 aromatic heterocycles. The first-order valence-corrected chi connectivity index (χ1v) is 6.41. The molecule has 0 bridgehead atoms. The van der Waals surface area contributed by atoms with E-state index >= 15 is 0 Å². The van der Waals surface area contributed by atoms with E-state index in [4.69, 9.17) is 22.1 Å². The van der Waals surface area contributed by atoms with Gasteiger partial charge in [-0.25, -0.2) is 4.98 Å². The van der Waals surface area contributed by atoms with E-state index in [0.29, 0.717) is 37.8 Å².